The summed E-state index contributed by atoms with van der Waals surface area (Å²) in [4.78, 5) is 22.7. The summed E-state index contributed by atoms with van der Waals surface area (Å²) in [7, 11) is -2.85. The number of rotatable bonds is 5. The number of halogens is 2. The van der Waals surface area contributed by atoms with Crippen LogP contribution in [0.15, 0.2) is 59.1 Å². The molecule has 5 rings (SSSR count). The number of nitrogens with one attached hydrogen (secondary N) is 3. The first-order valence-corrected chi connectivity index (χ1v) is 14.3. The van der Waals surface area contributed by atoms with Crippen molar-refractivity contribution < 1.29 is 22.0 Å². The van der Waals surface area contributed by atoms with Crippen molar-refractivity contribution in [3.8, 4) is 0 Å². The Balaban J connectivity index is 1.59. The van der Waals surface area contributed by atoms with Crippen LogP contribution in [-0.4, -0.2) is 64.8 Å². The number of pyridine rings is 1. The minimum absolute atomic E-state index is 0.0217. The molecule has 1 amide bonds. The van der Waals surface area contributed by atoms with Crippen LogP contribution in [0.5, 0.6) is 0 Å². The first-order valence-electron chi connectivity index (χ1n) is 11.8. The zero-order chi connectivity index (χ0) is 27.9. The topological polar surface area (TPSA) is 131 Å². The molecule has 0 saturated carbocycles. The molecule has 2 aromatic heterocycles. The molecule has 10 nitrogen and oxygen atoms in total. The van der Waals surface area contributed by atoms with Crippen LogP contribution in [-0.2, 0) is 22.1 Å². The molecule has 39 heavy (non-hydrogen) atoms. The number of amides is 1. The van der Waals surface area contributed by atoms with Crippen molar-refractivity contribution in [2.45, 2.75) is 24.3 Å². The average molecular weight is 574 g/mol. The molecule has 3 N–H and O–H groups in total. The molecule has 0 aliphatic carbocycles. The van der Waals surface area contributed by atoms with Crippen LogP contribution in [0.4, 0.5) is 14.5 Å². The lowest BCUT2D eigenvalue weighted by Crippen LogP contribution is -2.68. The van der Waals surface area contributed by atoms with Crippen molar-refractivity contribution in [2.75, 3.05) is 25.5 Å². The van der Waals surface area contributed by atoms with Gasteiger partial charge in [-0.1, -0.05) is 11.6 Å². The molecular weight excluding hydrogens is 548 g/mol. The number of carbonyl (C=O) groups is 1. The van der Waals surface area contributed by atoms with Crippen molar-refractivity contribution in [2.24, 2.45) is 0 Å². The van der Waals surface area contributed by atoms with Gasteiger partial charge in [0.15, 0.2) is 0 Å². The van der Waals surface area contributed by atoms with E-state index in [1.165, 1.54) is 36.6 Å². The van der Waals surface area contributed by atoms with Crippen molar-refractivity contribution in [1.82, 2.24) is 24.5 Å². The Kier molecular flexibility index (Phi) is 6.95. The number of hydrogen-bond donors (Lipinski definition) is 3. The minimum atomic E-state index is -4.13. The fourth-order valence-electron chi connectivity index (χ4n) is 4.97. The van der Waals surface area contributed by atoms with Gasteiger partial charge in [-0.05, 0) is 37.3 Å². The van der Waals surface area contributed by atoms with Crippen molar-refractivity contribution in [1.29, 1.82) is 5.41 Å². The molecular formula is C25H25F2N7O3S2. The van der Waals surface area contributed by atoms with Gasteiger partial charge >= 0.3 is 0 Å². The number of nitrogens with zero attached hydrogens (tertiary/aromatic N) is 4. The quantitative estimate of drug-likeness (QED) is 0.400. The summed E-state index contributed by atoms with van der Waals surface area (Å²) < 4.78 is 57.3. The Hall–Kier alpha value is -3.75. The standard InChI is InChI=1S/C25H25F2N7O3S2/c1-15-8-25(19-7-17(4-5-20(19)27)31-23(35)21-6-3-16(26)9-29-21)22(39(36,37)33(2)24(28)32-25)12-34(10-15)11-18-13-38-14-30-18/h3-9,13-14,22H,10-12H2,1-2H3,(H2,28,32)(H,31,35)/t22-,25+/m0/s1. The second-order valence-corrected chi connectivity index (χ2v) is 12.4. The highest BCUT2D eigenvalue weighted by atomic mass is 32.2. The van der Waals surface area contributed by atoms with E-state index in [9.17, 15) is 17.6 Å². The SMILES string of the molecule is CC1=C[C@]2(c3cc(NC(=O)c4ccc(F)cn4)ccc3F)NC(=N)N(C)S(=O)(=O)[C@H]2CN(Cc2cscn2)C1. The molecule has 2 aliphatic heterocycles. The Bertz CT molecular complexity index is 1560. The summed E-state index contributed by atoms with van der Waals surface area (Å²) in [5.41, 5.74) is 1.67. The van der Waals surface area contributed by atoms with Crippen LogP contribution in [0.1, 0.15) is 28.7 Å². The van der Waals surface area contributed by atoms with E-state index in [0.717, 1.165) is 33.9 Å². The van der Waals surface area contributed by atoms with E-state index in [1.54, 1.807) is 11.6 Å². The number of thiazole rings is 1. The molecule has 0 bridgehead atoms. The molecule has 0 unspecified atom stereocenters. The molecule has 2 atom stereocenters. The number of guanidine groups is 1. The smallest absolute Gasteiger partial charge is 0.274 e. The predicted octanol–water partition coefficient (Wildman–Crippen LogP) is 2.89. The Labute approximate surface area is 227 Å². The second kappa shape index (κ2) is 10.1. The maximum Gasteiger partial charge on any atom is 0.274 e. The first-order chi connectivity index (χ1) is 18.5. The third-order valence-corrected chi connectivity index (χ3v) is 9.58. The van der Waals surface area contributed by atoms with Gasteiger partial charge in [0, 0.05) is 43.3 Å². The zero-order valence-electron chi connectivity index (χ0n) is 21.0. The summed E-state index contributed by atoms with van der Waals surface area (Å²) in [6.45, 7) is 2.63. The second-order valence-electron chi connectivity index (χ2n) is 9.49. The van der Waals surface area contributed by atoms with Crippen LogP contribution < -0.4 is 10.6 Å². The van der Waals surface area contributed by atoms with Crippen molar-refractivity contribution >= 4 is 38.9 Å². The van der Waals surface area contributed by atoms with Gasteiger partial charge in [-0.2, -0.15) is 0 Å². The van der Waals surface area contributed by atoms with E-state index in [0.29, 0.717) is 13.1 Å². The van der Waals surface area contributed by atoms with E-state index in [2.05, 4.69) is 20.6 Å². The molecule has 1 fully saturated rings. The molecule has 204 valence electrons. The Morgan fingerprint density at radius 3 is 2.77 bits per heavy atom. The normalized spacial score (nSPS) is 22.9. The van der Waals surface area contributed by atoms with Gasteiger partial charge < -0.3 is 10.6 Å². The number of fused-ring (bicyclic) bond motifs is 1. The van der Waals surface area contributed by atoms with Gasteiger partial charge in [-0.3, -0.25) is 15.1 Å². The summed E-state index contributed by atoms with van der Waals surface area (Å²) in [5, 5.41) is 14.7. The summed E-state index contributed by atoms with van der Waals surface area (Å²) in [6.07, 6.45) is 2.56. The molecule has 4 heterocycles. The number of sulfonamides is 1. The Morgan fingerprint density at radius 2 is 2.08 bits per heavy atom. The van der Waals surface area contributed by atoms with Gasteiger partial charge in [0.2, 0.25) is 16.0 Å². The number of aromatic nitrogens is 2. The predicted molar refractivity (Wildman–Crippen MR) is 143 cm³/mol. The van der Waals surface area contributed by atoms with Crippen LogP contribution in [0.25, 0.3) is 0 Å². The van der Waals surface area contributed by atoms with Crippen LogP contribution in [0, 0.1) is 17.0 Å². The molecule has 3 aromatic rings. The highest BCUT2D eigenvalue weighted by Gasteiger charge is 2.55. The highest BCUT2D eigenvalue weighted by Crippen LogP contribution is 2.41. The third kappa shape index (κ3) is 5.02. The monoisotopic (exact) mass is 573 g/mol. The molecule has 14 heteroatoms. The van der Waals surface area contributed by atoms with Gasteiger partial charge in [-0.15, -0.1) is 11.3 Å². The van der Waals surface area contributed by atoms with Gasteiger partial charge in [0.25, 0.3) is 5.91 Å². The van der Waals surface area contributed by atoms with E-state index in [1.807, 2.05) is 17.2 Å². The van der Waals surface area contributed by atoms with Crippen LogP contribution in [0.3, 0.4) is 0 Å². The van der Waals surface area contributed by atoms with E-state index in [4.69, 9.17) is 5.41 Å². The van der Waals surface area contributed by atoms with E-state index < -0.39 is 44.3 Å². The van der Waals surface area contributed by atoms with Gasteiger partial charge in [0.05, 0.1) is 17.4 Å². The summed E-state index contributed by atoms with van der Waals surface area (Å²) in [6, 6.07) is 6.13. The van der Waals surface area contributed by atoms with E-state index in [-0.39, 0.29) is 23.5 Å². The fourth-order valence-corrected chi connectivity index (χ4v) is 7.32. The molecule has 0 radical (unpaired) electrons. The maximum absolute atomic E-state index is 15.6. The fraction of sp³-hybridized carbons (Fsp3) is 0.280. The van der Waals surface area contributed by atoms with Crippen molar-refractivity contribution in [3.05, 3.63) is 87.7 Å². The number of anilines is 1. The van der Waals surface area contributed by atoms with Gasteiger partial charge in [0.1, 0.15) is 28.1 Å². The van der Waals surface area contributed by atoms with E-state index >= 15 is 4.39 Å². The third-order valence-electron chi connectivity index (χ3n) is 6.76. The molecule has 0 spiro atoms. The maximum atomic E-state index is 15.6. The highest BCUT2D eigenvalue weighted by molar-refractivity contribution is 7.90. The lowest BCUT2D eigenvalue weighted by Gasteiger charge is -2.47. The first kappa shape index (κ1) is 26.8. The molecule has 1 aromatic carbocycles. The average Bonchev–Trinajstić information content (AvgIpc) is 3.34. The summed E-state index contributed by atoms with van der Waals surface area (Å²) in [5.74, 6) is -2.37. The number of hydrogen-bond acceptors (Lipinski definition) is 8. The molecule has 1 saturated heterocycles. The largest absolute Gasteiger partial charge is 0.341 e. The van der Waals surface area contributed by atoms with Crippen LogP contribution in [0.2, 0.25) is 0 Å². The number of benzene rings is 1. The van der Waals surface area contributed by atoms with Crippen LogP contribution >= 0.6 is 11.3 Å². The zero-order valence-corrected chi connectivity index (χ0v) is 22.6. The summed E-state index contributed by atoms with van der Waals surface area (Å²) >= 11 is 1.43. The van der Waals surface area contributed by atoms with Crippen molar-refractivity contribution in [3.63, 3.8) is 0 Å². The minimum Gasteiger partial charge on any atom is -0.341 e. The van der Waals surface area contributed by atoms with Gasteiger partial charge in [-0.25, -0.2) is 31.5 Å². The lowest BCUT2D eigenvalue weighted by atomic mass is 9.84. The number of carbonyl (C=O) groups excluding carboxylic acids is 1. The molecule has 2 aliphatic rings. The Morgan fingerprint density at radius 1 is 1.28 bits per heavy atom. The lowest BCUT2D eigenvalue weighted by molar-refractivity contribution is 0.102.